The van der Waals surface area contributed by atoms with Crippen LogP contribution in [0.2, 0.25) is 0 Å². The number of aliphatic hydroxyl groups excluding tert-OH is 1. The van der Waals surface area contributed by atoms with Crippen molar-refractivity contribution in [3.05, 3.63) is 82.8 Å². The van der Waals surface area contributed by atoms with E-state index in [1.165, 1.54) is 29.8 Å². The van der Waals surface area contributed by atoms with Crippen molar-refractivity contribution in [1.82, 2.24) is 29.8 Å². The summed E-state index contributed by atoms with van der Waals surface area (Å²) in [5.74, 6) is 6.25. The number of hydrogen-bond acceptors (Lipinski definition) is 8. The van der Waals surface area contributed by atoms with Gasteiger partial charge in [0.05, 0.1) is 11.8 Å². The van der Waals surface area contributed by atoms with E-state index in [-0.39, 0.29) is 29.4 Å². The Morgan fingerprint density at radius 3 is 2.66 bits per heavy atom. The maximum Gasteiger partial charge on any atom is 0.416 e. The number of piperazine rings is 1. The van der Waals surface area contributed by atoms with E-state index in [1.54, 1.807) is 30.5 Å². The first-order valence-corrected chi connectivity index (χ1v) is 12.8. The average Bonchev–Trinajstić information content (AvgIpc) is 3.34. The van der Waals surface area contributed by atoms with Crippen molar-refractivity contribution in [2.45, 2.75) is 25.9 Å². The molecule has 1 aliphatic rings. The van der Waals surface area contributed by atoms with Crippen LogP contribution in [-0.2, 0) is 17.5 Å². The zero-order valence-electron chi connectivity index (χ0n) is 22.0. The number of alkyl halides is 3. The molecule has 3 aromatic heterocycles. The lowest BCUT2D eigenvalue weighted by Gasteiger charge is -2.28. The number of rotatable bonds is 6. The monoisotopic (exact) mass is 564 g/mol. The van der Waals surface area contributed by atoms with Crippen molar-refractivity contribution in [2.75, 3.05) is 36.8 Å². The Balaban J connectivity index is 1.33. The van der Waals surface area contributed by atoms with Crippen molar-refractivity contribution in [2.24, 2.45) is 0 Å². The number of halogens is 3. The molecule has 0 radical (unpaired) electrons. The molecule has 1 amide bonds. The first kappa shape index (κ1) is 28.0. The highest BCUT2D eigenvalue weighted by molar-refractivity contribution is 5.87. The van der Waals surface area contributed by atoms with Gasteiger partial charge in [-0.05, 0) is 41.8 Å². The number of carbonyl (C=O) groups is 1. The highest BCUT2D eigenvalue weighted by Gasteiger charge is 2.34. The Morgan fingerprint density at radius 1 is 1.10 bits per heavy atom. The number of anilines is 2. The third-order valence-electron chi connectivity index (χ3n) is 6.40. The molecule has 5 rings (SSSR count). The number of aliphatic hydroxyl groups is 1. The van der Waals surface area contributed by atoms with Crippen LogP contribution in [0.25, 0.3) is 5.65 Å². The quantitative estimate of drug-likeness (QED) is 0.209. The lowest BCUT2D eigenvalue weighted by Crippen LogP contribution is -2.43. The molecular formula is C28H27F3N8O2. The number of fused-ring (bicyclic) bond motifs is 1. The van der Waals surface area contributed by atoms with Gasteiger partial charge in [0.25, 0.3) is 0 Å². The van der Waals surface area contributed by atoms with Crippen LogP contribution in [-0.4, -0.2) is 61.7 Å². The van der Waals surface area contributed by atoms with E-state index in [0.29, 0.717) is 35.8 Å². The molecule has 1 saturated heterocycles. The topological polar surface area (TPSA) is 120 Å². The van der Waals surface area contributed by atoms with Crippen molar-refractivity contribution in [1.29, 1.82) is 0 Å². The van der Waals surface area contributed by atoms with E-state index in [4.69, 9.17) is 0 Å². The van der Waals surface area contributed by atoms with Gasteiger partial charge >= 0.3 is 6.18 Å². The smallest absolute Gasteiger partial charge is 0.369 e. The molecule has 212 valence electrons. The normalized spacial score (nSPS) is 14.8. The summed E-state index contributed by atoms with van der Waals surface area (Å²) in [6, 6.07) is 10.4. The van der Waals surface area contributed by atoms with Gasteiger partial charge in [-0.3, -0.25) is 9.69 Å². The van der Waals surface area contributed by atoms with E-state index in [9.17, 15) is 23.1 Å². The van der Waals surface area contributed by atoms with Gasteiger partial charge in [-0.1, -0.05) is 18.1 Å². The molecule has 4 N–H and O–H groups in total. The molecule has 41 heavy (non-hydrogen) atoms. The highest BCUT2D eigenvalue weighted by atomic mass is 19.4. The second-order valence-electron chi connectivity index (χ2n) is 9.48. The number of nitrogens with zero attached hydrogens (tertiary/aromatic N) is 5. The summed E-state index contributed by atoms with van der Waals surface area (Å²) in [4.78, 5) is 21.7. The minimum Gasteiger partial charge on any atom is -0.369 e. The molecule has 0 spiro atoms. The summed E-state index contributed by atoms with van der Waals surface area (Å²) in [6.45, 7) is 4.35. The second kappa shape index (κ2) is 11.9. The fourth-order valence-corrected chi connectivity index (χ4v) is 4.43. The summed E-state index contributed by atoms with van der Waals surface area (Å²) in [6.07, 6.45) is -2.99. The van der Waals surface area contributed by atoms with Gasteiger partial charge in [0, 0.05) is 57.0 Å². The van der Waals surface area contributed by atoms with Crippen LogP contribution in [0.5, 0.6) is 0 Å². The maximum atomic E-state index is 13.9. The molecular weight excluding hydrogens is 537 g/mol. The molecule has 10 nitrogen and oxygen atoms in total. The van der Waals surface area contributed by atoms with Crippen molar-refractivity contribution < 1.29 is 23.1 Å². The molecule has 4 heterocycles. The second-order valence-corrected chi connectivity index (χ2v) is 9.48. The lowest BCUT2D eigenvalue weighted by molar-refractivity contribution is -0.138. The van der Waals surface area contributed by atoms with E-state index in [2.05, 4.69) is 42.9 Å². The fourth-order valence-electron chi connectivity index (χ4n) is 4.43. The van der Waals surface area contributed by atoms with Crippen molar-refractivity contribution in [3.8, 4) is 11.8 Å². The number of pyridine rings is 1. The Hall–Kier alpha value is -4.51. The van der Waals surface area contributed by atoms with Crippen LogP contribution in [0.1, 0.15) is 41.1 Å². The molecule has 1 aliphatic heterocycles. The molecule has 1 atom stereocenters. The number of nitrogens with one attached hydrogen (secondary N) is 3. The Bertz CT molecular complexity index is 1620. The standard InChI is InChI=1S/C28H27F3N8O2/c1-18(40)35-24-6-7-26-34-16-22(39(26)37-24)5-2-19-8-9-33-25(14-19)36-27(41)20-3-4-21(23(15-20)28(29,30)31)17-38-12-10-32-11-13-38/h3-4,6-9,14-16,27,32,41H,10-13,17H2,1H3,(H,33,36)(H,35,37,40). The van der Waals surface area contributed by atoms with Gasteiger partial charge in [-0.15, -0.1) is 5.10 Å². The molecule has 1 aromatic carbocycles. The molecule has 1 fully saturated rings. The minimum absolute atomic E-state index is 0.0615. The summed E-state index contributed by atoms with van der Waals surface area (Å²) < 4.78 is 43.2. The van der Waals surface area contributed by atoms with E-state index in [0.717, 1.165) is 19.2 Å². The number of hydrogen-bond donors (Lipinski definition) is 4. The summed E-state index contributed by atoms with van der Waals surface area (Å²) in [7, 11) is 0. The predicted molar refractivity (Wildman–Crippen MR) is 146 cm³/mol. The van der Waals surface area contributed by atoms with Gasteiger partial charge < -0.3 is 21.1 Å². The first-order chi connectivity index (χ1) is 19.7. The third-order valence-corrected chi connectivity index (χ3v) is 6.40. The average molecular weight is 565 g/mol. The molecule has 13 heteroatoms. The van der Waals surface area contributed by atoms with Crippen LogP contribution < -0.4 is 16.0 Å². The maximum absolute atomic E-state index is 13.9. The summed E-state index contributed by atoms with van der Waals surface area (Å²) in [5, 5.41) is 23.6. The molecule has 0 saturated carbocycles. The van der Waals surface area contributed by atoms with E-state index in [1.807, 2.05) is 4.90 Å². The SMILES string of the molecule is CC(=O)Nc1ccc2ncc(C#Cc3ccnc(NC(O)c4ccc(CN5CCNCC5)c(C(F)(F)F)c4)c3)n2n1. The van der Waals surface area contributed by atoms with Gasteiger partial charge in [0.15, 0.2) is 17.7 Å². The molecule has 0 aliphatic carbocycles. The minimum atomic E-state index is -4.57. The largest absolute Gasteiger partial charge is 0.416 e. The fraction of sp³-hybridized carbons (Fsp3) is 0.286. The first-order valence-electron chi connectivity index (χ1n) is 12.8. The summed E-state index contributed by atoms with van der Waals surface area (Å²) >= 11 is 0. The predicted octanol–water partition coefficient (Wildman–Crippen LogP) is 3.01. The zero-order chi connectivity index (χ0) is 29.0. The number of imidazole rings is 1. The molecule has 0 bridgehead atoms. The van der Waals surface area contributed by atoms with E-state index >= 15 is 0 Å². The van der Waals surface area contributed by atoms with Gasteiger partial charge in [0.1, 0.15) is 11.5 Å². The van der Waals surface area contributed by atoms with Crippen LogP contribution >= 0.6 is 0 Å². The Morgan fingerprint density at radius 2 is 1.90 bits per heavy atom. The lowest BCUT2D eigenvalue weighted by atomic mass is 10.0. The highest BCUT2D eigenvalue weighted by Crippen LogP contribution is 2.34. The summed E-state index contributed by atoms with van der Waals surface area (Å²) in [5.41, 5.74) is 0.999. The molecule has 4 aromatic rings. The Labute approximate surface area is 233 Å². The van der Waals surface area contributed by atoms with E-state index < -0.39 is 18.0 Å². The number of amides is 1. The van der Waals surface area contributed by atoms with Gasteiger partial charge in [-0.2, -0.15) is 13.2 Å². The van der Waals surface area contributed by atoms with Gasteiger partial charge in [0.2, 0.25) is 5.91 Å². The molecule has 1 unspecified atom stereocenters. The van der Waals surface area contributed by atoms with Crippen molar-refractivity contribution >= 4 is 23.2 Å². The van der Waals surface area contributed by atoms with Crippen molar-refractivity contribution in [3.63, 3.8) is 0 Å². The van der Waals surface area contributed by atoms with Gasteiger partial charge in [-0.25, -0.2) is 14.5 Å². The van der Waals surface area contributed by atoms with Crippen LogP contribution in [0, 0.1) is 11.8 Å². The Kier molecular flexibility index (Phi) is 8.16. The number of benzene rings is 1. The van der Waals surface area contributed by atoms with Crippen LogP contribution in [0.15, 0.2) is 54.9 Å². The number of aromatic nitrogens is 4. The van der Waals surface area contributed by atoms with Crippen LogP contribution in [0.4, 0.5) is 24.8 Å². The number of carbonyl (C=O) groups excluding carboxylic acids is 1. The third kappa shape index (κ3) is 6.98. The zero-order valence-corrected chi connectivity index (χ0v) is 22.0. The van der Waals surface area contributed by atoms with Crippen LogP contribution in [0.3, 0.4) is 0 Å².